The lowest BCUT2D eigenvalue weighted by atomic mass is 9.87. The molecule has 110 valence electrons. The molecule has 0 spiro atoms. The third-order valence-electron chi connectivity index (χ3n) is 3.44. The standard InChI is InChI=1S/C13H18N2O5/c1-17-9-8-14-10(12(15-9)18-2)11(16)13(19-3)4-6-20-7-5-13/h8H,4-7H2,1-3H3. The third-order valence-corrected chi connectivity index (χ3v) is 3.44. The van der Waals surface area contributed by atoms with Crippen molar-refractivity contribution in [1.29, 1.82) is 0 Å². The number of aromatic nitrogens is 2. The molecule has 0 radical (unpaired) electrons. The van der Waals surface area contributed by atoms with Crippen LogP contribution in [-0.4, -0.2) is 55.9 Å². The molecule has 1 aromatic heterocycles. The van der Waals surface area contributed by atoms with Gasteiger partial charge in [0, 0.05) is 33.2 Å². The summed E-state index contributed by atoms with van der Waals surface area (Å²) in [7, 11) is 4.43. The number of hydrogen-bond acceptors (Lipinski definition) is 7. The molecule has 20 heavy (non-hydrogen) atoms. The number of methoxy groups -OCH3 is 3. The maximum absolute atomic E-state index is 12.7. The first-order valence-corrected chi connectivity index (χ1v) is 6.29. The first-order valence-electron chi connectivity index (χ1n) is 6.29. The Morgan fingerprint density at radius 2 is 1.95 bits per heavy atom. The zero-order chi connectivity index (χ0) is 14.6. The normalized spacial score (nSPS) is 17.6. The minimum absolute atomic E-state index is 0.136. The Labute approximate surface area is 117 Å². The number of carbonyl (C=O) groups excluding carboxylic acids is 1. The molecule has 0 aliphatic carbocycles. The van der Waals surface area contributed by atoms with Gasteiger partial charge in [-0.2, -0.15) is 4.98 Å². The molecule has 0 aromatic carbocycles. The van der Waals surface area contributed by atoms with Crippen molar-refractivity contribution >= 4 is 5.78 Å². The van der Waals surface area contributed by atoms with Crippen molar-refractivity contribution in [3.8, 4) is 11.8 Å². The van der Waals surface area contributed by atoms with Gasteiger partial charge in [-0.3, -0.25) is 4.79 Å². The Bertz CT molecular complexity index is 486. The molecular weight excluding hydrogens is 264 g/mol. The molecule has 2 heterocycles. The van der Waals surface area contributed by atoms with Gasteiger partial charge in [-0.25, -0.2) is 4.98 Å². The fourth-order valence-electron chi connectivity index (χ4n) is 2.19. The highest BCUT2D eigenvalue weighted by molar-refractivity contribution is 6.02. The molecule has 7 heteroatoms. The van der Waals surface area contributed by atoms with Crippen LogP contribution in [-0.2, 0) is 9.47 Å². The van der Waals surface area contributed by atoms with Crippen LogP contribution >= 0.6 is 0 Å². The summed E-state index contributed by atoms with van der Waals surface area (Å²) in [4.78, 5) is 20.9. The van der Waals surface area contributed by atoms with E-state index in [0.717, 1.165) is 0 Å². The highest BCUT2D eigenvalue weighted by atomic mass is 16.5. The van der Waals surface area contributed by atoms with Crippen LogP contribution in [0, 0.1) is 0 Å². The van der Waals surface area contributed by atoms with E-state index < -0.39 is 5.60 Å². The quantitative estimate of drug-likeness (QED) is 0.741. The molecule has 0 unspecified atom stereocenters. The predicted molar refractivity (Wildman–Crippen MR) is 69.3 cm³/mol. The van der Waals surface area contributed by atoms with Crippen molar-refractivity contribution in [1.82, 2.24) is 9.97 Å². The van der Waals surface area contributed by atoms with Gasteiger partial charge >= 0.3 is 0 Å². The second-order valence-corrected chi connectivity index (χ2v) is 4.41. The summed E-state index contributed by atoms with van der Waals surface area (Å²) < 4.78 is 20.9. The van der Waals surface area contributed by atoms with E-state index in [-0.39, 0.29) is 23.2 Å². The van der Waals surface area contributed by atoms with Gasteiger partial charge in [0.05, 0.1) is 20.4 Å². The Balaban J connectivity index is 2.36. The first-order chi connectivity index (χ1) is 9.66. The molecule has 1 saturated heterocycles. The van der Waals surface area contributed by atoms with Crippen LogP contribution in [0.5, 0.6) is 11.8 Å². The van der Waals surface area contributed by atoms with Crippen molar-refractivity contribution in [2.45, 2.75) is 18.4 Å². The second-order valence-electron chi connectivity index (χ2n) is 4.41. The third kappa shape index (κ3) is 2.59. The topological polar surface area (TPSA) is 79.8 Å². The van der Waals surface area contributed by atoms with Crippen LogP contribution in [0.1, 0.15) is 23.3 Å². The molecule has 2 rings (SSSR count). The summed E-state index contributed by atoms with van der Waals surface area (Å²) in [5.74, 6) is 0.185. The number of rotatable bonds is 5. The summed E-state index contributed by atoms with van der Waals surface area (Å²) >= 11 is 0. The summed E-state index contributed by atoms with van der Waals surface area (Å²) in [6, 6.07) is 0. The lowest BCUT2D eigenvalue weighted by Crippen LogP contribution is -2.46. The van der Waals surface area contributed by atoms with Gasteiger partial charge in [0.1, 0.15) is 5.60 Å². The molecule has 1 aliphatic rings. The van der Waals surface area contributed by atoms with Gasteiger partial charge in [0.25, 0.3) is 0 Å². The average Bonchev–Trinajstić information content (AvgIpc) is 2.54. The molecule has 0 atom stereocenters. The molecular formula is C13H18N2O5. The lowest BCUT2D eigenvalue weighted by Gasteiger charge is -2.34. The van der Waals surface area contributed by atoms with Crippen molar-refractivity contribution in [2.24, 2.45) is 0 Å². The SMILES string of the molecule is COc1cnc(C(=O)C2(OC)CCOCC2)c(OC)n1. The number of ketones is 1. The Morgan fingerprint density at radius 3 is 2.50 bits per heavy atom. The largest absolute Gasteiger partial charge is 0.480 e. The maximum Gasteiger partial charge on any atom is 0.246 e. The van der Waals surface area contributed by atoms with E-state index in [9.17, 15) is 4.79 Å². The minimum Gasteiger partial charge on any atom is -0.480 e. The van der Waals surface area contributed by atoms with Gasteiger partial charge < -0.3 is 18.9 Å². The van der Waals surface area contributed by atoms with Crippen molar-refractivity contribution < 1.29 is 23.7 Å². The van der Waals surface area contributed by atoms with E-state index in [1.165, 1.54) is 27.5 Å². The fraction of sp³-hybridized carbons (Fsp3) is 0.615. The first kappa shape index (κ1) is 14.7. The van der Waals surface area contributed by atoms with Gasteiger partial charge in [0.15, 0.2) is 5.69 Å². The predicted octanol–water partition coefficient (Wildman–Crippen LogP) is 0.872. The molecule has 0 amide bonds. The summed E-state index contributed by atoms with van der Waals surface area (Å²) in [5.41, 5.74) is -0.772. The van der Waals surface area contributed by atoms with Gasteiger partial charge in [-0.15, -0.1) is 0 Å². The van der Waals surface area contributed by atoms with Crippen LogP contribution in [0.4, 0.5) is 0 Å². The van der Waals surface area contributed by atoms with Crippen LogP contribution in [0.3, 0.4) is 0 Å². The maximum atomic E-state index is 12.7. The Morgan fingerprint density at radius 1 is 1.25 bits per heavy atom. The minimum atomic E-state index is -0.922. The van der Waals surface area contributed by atoms with Gasteiger partial charge in [-0.05, 0) is 0 Å². The molecule has 0 saturated carbocycles. The van der Waals surface area contributed by atoms with E-state index in [0.29, 0.717) is 26.1 Å². The van der Waals surface area contributed by atoms with Crippen LogP contribution in [0.15, 0.2) is 6.20 Å². The summed E-state index contributed by atoms with van der Waals surface area (Å²) in [6.45, 7) is 0.955. The second kappa shape index (κ2) is 6.15. The van der Waals surface area contributed by atoms with Crippen LogP contribution in [0.2, 0.25) is 0 Å². The summed E-state index contributed by atoms with van der Waals surface area (Å²) in [6.07, 6.45) is 2.36. The zero-order valence-electron chi connectivity index (χ0n) is 11.8. The molecule has 7 nitrogen and oxygen atoms in total. The van der Waals surface area contributed by atoms with E-state index in [4.69, 9.17) is 18.9 Å². The fourth-order valence-corrected chi connectivity index (χ4v) is 2.19. The zero-order valence-corrected chi connectivity index (χ0v) is 11.8. The van der Waals surface area contributed by atoms with E-state index in [2.05, 4.69) is 9.97 Å². The van der Waals surface area contributed by atoms with Gasteiger partial charge in [-0.1, -0.05) is 0 Å². The molecule has 0 N–H and O–H groups in total. The van der Waals surface area contributed by atoms with Crippen LogP contribution < -0.4 is 9.47 Å². The molecule has 1 fully saturated rings. The average molecular weight is 282 g/mol. The van der Waals surface area contributed by atoms with Gasteiger partial charge in [0.2, 0.25) is 17.5 Å². The molecule has 1 aliphatic heterocycles. The number of carbonyl (C=O) groups is 1. The number of ether oxygens (including phenoxy) is 4. The number of nitrogens with zero attached hydrogens (tertiary/aromatic N) is 2. The monoisotopic (exact) mass is 282 g/mol. The van der Waals surface area contributed by atoms with E-state index >= 15 is 0 Å². The summed E-state index contributed by atoms with van der Waals surface area (Å²) in [5, 5.41) is 0. The van der Waals surface area contributed by atoms with Crippen LogP contribution in [0.25, 0.3) is 0 Å². The van der Waals surface area contributed by atoms with Crippen molar-refractivity contribution in [3.05, 3.63) is 11.9 Å². The smallest absolute Gasteiger partial charge is 0.246 e. The van der Waals surface area contributed by atoms with Crippen molar-refractivity contribution in [2.75, 3.05) is 34.5 Å². The highest BCUT2D eigenvalue weighted by Gasteiger charge is 2.43. The Kier molecular flexibility index (Phi) is 4.51. The number of Topliss-reactive ketones (excluding diaryl/α,β-unsaturated/α-hetero) is 1. The Hall–Kier alpha value is -1.73. The molecule has 0 bridgehead atoms. The van der Waals surface area contributed by atoms with E-state index in [1.807, 2.05) is 0 Å². The lowest BCUT2D eigenvalue weighted by molar-refractivity contribution is -0.0666. The number of hydrogen-bond donors (Lipinski definition) is 0. The molecule has 1 aromatic rings. The van der Waals surface area contributed by atoms with E-state index in [1.54, 1.807) is 0 Å². The van der Waals surface area contributed by atoms with Crippen molar-refractivity contribution in [3.63, 3.8) is 0 Å². The highest BCUT2D eigenvalue weighted by Crippen LogP contribution is 2.31.